The minimum absolute atomic E-state index is 0.241. The summed E-state index contributed by atoms with van der Waals surface area (Å²) < 4.78 is 0. The number of likely N-dealkylation sites (N-methyl/N-ethyl adjacent to an activating group) is 1. The van der Waals surface area contributed by atoms with Gasteiger partial charge in [0.1, 0.15) is 0 Å². The number of hydrogen-bond donors (Lipinski definition) is 1. The number of carbonyl (C=O) groups is 1. The number of likely N-dealkylation sites (tertiary alicyclic amines) is 1. The van der Waals surface area contributed by atoms with E-state index < -0.39 is 0 Å². The lowest BCUT2D eigenvalue weighted by atomic mass is 10.1. The molecule has 0 saturated carbocycles. The van der Waals surface area contributed by atoms with Crippen molar-refractivity contribution in [3.05, 3.63) is 0 Å². The molecule has 1 fully saturated rings. The molecule has 0 radical (unpaired) electrons. The lowest BCUT2D eigenvalue weighted by Crippen LogP contribution is -2.42. The van der Waals surface area contributed by atoms with Crippen LogP contribution in [0.25, 0.3) is 0 Å². The Morgan fingerprint density at radius 1 is 1.38 bits per heavy atom. The van der Waals surface area contributed by atoms with Crippen LogP contribution in [0.15, 0.2) is 0 Å². The molecule has 1 unspecified atom stereocenters. The molecule has 3 heteroatoms. The van der Waals surface area contributed by atoms with Gasteiger partial charge in [-0.05, 0) is 32.4 Å². The van der Waals surface area contributed by atoms with Gasteiger partial charge in [-0.25, -0.2) is 0 Å². The monoisotopic (exact) mass is 226 g/mol. The standard InChI is InChI=1S/C13H26N2O/c1-3-5-9-13(16)14-12-8-6-7-10-15(4-2)11-12/h12H,3-11H2,1-2H3,(H,14,16). The lowest BCUT2D eigenvalue weighted by molar-refractivity contribution is -0.122. The number of nitrogens with zero attached hydrogens (tertiary/aromatic N) is 1. The maximum Gasteiger partial charge on any atom is 0.220 e. The van der Waals surface area contributed by atoms with Crippen molar-refractivity contribution >= 4 is 5.91 Å². The van der Waals surface area contributed by atoms with E-state index in [0.717, 1.165) is 32.4 Å². The third kappa shape index (κ3) is 4.97. The van der Waals surface area contributed by atoms with E-state index in [1.807, 2.05) is 0 Å². The Hall–Kier alpha value is -0.570. The van der Waals surface area contributed by atoms with E-state index >= 15 is 0 Å². The first-order valence-corrected chi connectivity index (χ1v) is 6.78. The van der Waals surface area contributed by atoms with Crippen LogP contribution in [0.1, 0.15) is 52.4 Å². The minimum atomic E-state index is 0.241. The summed E-state index contributed by atoms with van der Waals surface area (Å²) in [7, 11) is 0. The molecular weight excluding hydrogens is 200 g/mol. The second kappa shape index (κ2) is 7.66. The molecule has 1 amide bonds. The average molecular weight is 226 g/mol. The van der Waals surface area contributed by atoms with Gasteiger partial charge in [0.05, 0.1) is 0 Å². The number of rotatable bonds is 5. The molecule has 1 atom stereocenters. The van der Waals surface area contributed by atoms with Gasteiger partial charge in [0.25, 0.3) is 0 Å². The van der Waals surface area contributed by atoms with Gasteiger partial charge in [0.15, 0.2) is 0 Å². The fraction of sp³-hybridized carbons (Fsp3) is 0.923. The summed E-state index contributed by atoms with van der Waals surface area (Å²) in [6, 6.07) is 0.381. The third-order valence-corrected chi connectivity index (χ3v) is 3.33. The van der Waals surface area contributed by atoms with E-state index in [4.69, 9.17) is 0 Å². The topological polar surface area (TPSA) is 32.3 Å². The van der Waals surface area contributed by atoms with Gasteiger partial charge in [0.2, 0.25) is 5.91 Å². The van der Waals surface area contributed by atoms with E-state index in [1.165, 1.54) is 19.4 Å². The van der Waals surface area contributed by atoms with Crippen LogP contribution < -0.4 is 5.32 Å². The molecule has 0 bridgehead atoms. The maximum atomic E-state index is 11.6. The summed E-state index contributed by atoms with van der Waals surface area (Å²) in [4.78, 5) is 14.1. The molecule has 0 aromatic heterocycles. The first-order valence-electron chi connectivity index (χ1n) is 6.78. The summed E-state index contributed by atoms with van der Waals surface area (Å²) in [5, 5.41) is 3.18. The van der Waals surface area contributed by atoms with E-state index in [1.54, 1.807) is 0 Å². The van der Waals surface area contributed by atoms with Crippen LogP contribution in [-0.4, -0.2) is 36.5 Å². The van der Waals surface area contributed by atoms with Crippen LogP contribution in [0.4, 0.5) is 0 Å². The summed E-state index contributed by atoms with van der Waals surface area (Å²) in [5.74, 6) is 0.241. The molecule has 0 aromatic carbocycles. The van der Waals surface area contributed by atoms with E-state index in [2.05, 4.69) is 24.1 Å². The van der Waals surface area contributed by atoms with E-state index in [0.29, 0.717) is 12.5 Å². The van der Waals surface area contributed by atoms with Crippen molar-refractivity contribution in [3.8, 4) is 0 Å². The highest BCUT2D eigenvalue weighted by molar-refractivity contribution is 5.76. The van der Waals surface area contributed by atoms with Crippen molar-refractivity contribution in [2.24, 2.45) is 0 Å². The van der Waals surface area contributed by atoms with Gasteiger partial charge in [0, 0.05) is 19.0 Å². The highest BCUT2D eigenvalue weighted by atomic mass is 16.1. The molecule has 3 nitrogen and oxygen atoms in total. The van der Waals surface area contributed by atoms with Crippen molar-refractivity contribution in [1.29, 1.82) is 0 Å². The Morgan fingerprint density at radius 3 is 2.88 bits per heavy atom. The van der Waals surface area contributed by atoms with Gasteiger partial charge < -0.3 is 10.2 Å². The third-order valence-electron chi connectivity index (χ3n) is 3.33. The number of hydrogen-bond acceptors (Lipinski definition) is 2. The van der Waals surface area contributed by atoms with E-state index in [9.17, 15) is 4.79 Å². The van der Waals surface area contributed by atoms with Crippen molar-refractivity contribution in [1.82, 2.24) is 10.2 Å². The first kappa shape index (κ1) is 13.5. The number of carbonyl (C=O) groups excluding carboxylic acids is 1. The lowest BCUT2D eigenvalue weighted by Gasteiger charge is -2.23. The summed E-state index contributed by atoms with van der Waals surface area (Å²) >= 11 is 0. The highest BCUT2D eigenvalue weighted by Gasteiger charge is 2.18. The SMILES string of the molecule is CCCCC(=O)NC1CCCCN(CC)C1. The van der Waals surface area contributed by atoms with Crippen LogP contribution in [0, 0.1) is 0 Å². The van der Waals surface area contributed by atoms with Gasteiger partial charge in [-0.2, -0.15) is 0 Å². The molecule has 0 spiro atoms. The molecule has 1 saturated heterocycles. The molecule has 1 rings (SSSR count). The number of nitrogens with one attached hydrogen (secondary N) is 1. The van der Waals surface area contributed by atoms with Gasteiger partial charge >= 0.3 is 0 Å². The number of unbranched alkanes of at least 4 members (excludes halogenated alkanes) is 1. The van der Waals surface area contributed by atoms with Crippen molar-refractivity contribution in [2.45, 2.75) is 58.4 Å². The van der Waals surface area contributed by atoms with Crippen LogP contribution in [-0.2, 0) is 4.79 Å². The molecular formula is C13H26N2O. The van der Waals surface area contributed by atoms with Crippen molar-refractivity contribution in [2.75, 3.05) is 19.6 Å². The van der Waals surface area contributed by atoms with Crippen molar-refractivity contribution < 1.29 is 4.79 Å². The first-order chi connectivity index (χ1) is 7.76. The molecule has 1 aliphatic rings. The van der Waals surface area contributed by atoms with Crippen LogP contribution in [0.3, 0.4) is 0 Å². The van der Waals surface area contributed by atoms with Crippen LogP contribution in [0.2, 0.25) is 0 Å². The van der Waals surface area contributed by atoms with Gasteiger partial charge in [-0.3, -0.25) is 4.79 Å². The fourth-order valence-corrected chi connectivity index (χ4v) is 2.26. The Morgan fingerprint density at radius 2 is 2.19 bits per heavy atom. The normalized spacial score (nSPS) is 22.8. The molecule has 1 N–H and O–H groups in total. The Bertz CT molecular complexity index is 206. The Kier molecular flexibility index (Phi) is 6.46. The average Bonchev–Trinajstić information content (AvgIpc) is 2.51. The molecule has 0 aliphatic carbocycles. The maximum absolute atomic E-state index is 11.6. The fourth-order valence-electron chi connectivity index (χ4n) is 2.26. The van der Waals surface area contributed by atoms with Gasteiger partial charge in [-0.1, -0.05) is 26.7 Å². The molecule has 16 heavy (non-hydrogen) atoms. The predicted molar refractivity (Wildman–Crippen MR) is 67.4 cm³/mol. The molecule has 1 aliphatic heterocycles. The second-order valence-electron chi connectivity index (χ2n) is 4.76. The summed E-state index contributed by atoms with van der Waals surface area (Å²) in [5.41, 5.74) is 0. The van der Waals surface area contributed by atoms with Crippen LogP contribution in [0.5, 0.6) is 0 Å². The second-order valence-corrected chi connectivity index (χ2v) is 4.76. The largest absolute Gasteiger partial charge is 0.352 e. The highest BCUT2D eigenvalue weighted by Crippen LogP contribution is 2.10. The molecule has 1 heterocycles. The zero-order valence-electron chi connectivity index (χ0n) is 10.8. The summed E-state index contributed by atoms with van der Waals surface area (Å²) in [6.07, 6.45) is 6.47. The van der Waals surface area contributed by atoms with E-state index in [-0.39, 0.29) is 5.91 Å². The van der Waals surface area contributed by atoms with Crippen LogP contribution >= 0.6 is 0 Å². The smallest absolute Gasteiger partial charge is 0.220 e. The van der Waals surface area contributed by atoms with Gasteiger partial charge in [-0.15, -0.1) is 0 Å². The molecule has 0 aromatic rings. The van der Waals surface area contributed by atoms with Crippen molar-refractivity contribution in [3.63, 3.8) is 0 Å². The Labute approximate surface area is 99.6 Å². The minimum Gasteiger partial charge on any atom is -0.352 e. The predicted octanol–water partition coefficient (Wildman–Crippen LogP) is 2.17. The zero-order chi connectivity index (χ0) is 11.8. The summed E-state index contributed by atoms with van der Waals surface area (Å²) in [6.45, 7) is 7.65. The Balaban J connectivity index is 2.30. The zero-order valence-corrected chi connectivity index (χ0v) is 10.8. The number of amides is 1. The molecule has 94 valence electrons. The quantitative estimate of drug-likeness (QED) is 0.779.